The van der Waals surface area contributed by atoms with Crippen molar-refractivity contribution in [2.45, 2.75) is 38.7 Å². The van der Waals surface area contributed by atoms with E-state index in [2.05, 4.69) is 4.90 Å². The van der Waals surface area contributed by atoms with Crippen LogP contribution in [-0.2, 0) is 4.79 Å². The first-order valence-corrected chi connectivity index (χ1v) is 6.02. The van der Waals surface area contributed by atoms with Gasteiger partial charge in [0.2, 0.25) is 0 Å². The quantitative estimate of drug-likeness (QED) is 0.807. The Morgan fingerprint density at radius 2 is 2.18 bits per heavy atom. The van der Waals surface area contributed by atoms with E-state index < -0.39 is 17.0 Å². The third kappa shape index (κ3) is 2.75. The van der Waals surface area contributed by atoms with Crippen LogP contribution in [0.4, 0.5) is 0 Å². The summed E-state index contributed by atoms with van der Waals surface area (Å²) < 4.78 is 0. The number of carboxylic acid groups (broad SMARTS) is 1. The molecule has 1 saturated carbocycles. The molecule has 2 atom stereocenters. The summed E-state index contributed by atoms with van der Waals surface area (Å²) >= 11 is 0. The summed E-state index contributed by atoms with van der Waals surface area (Å²) in [6.45, 7) is 5.55. The minimum absolute atomic E-state index is 0. The molecule has 0 aromatic heterocycles. The van der Waals surface area contributed by atoms with Gasteiger partial charge in [0.05, 0.1) is 11.0 Å². The molecule has 2 aliphatic rings. The molecule has 0 aromatic rings. The highest BCUT2D eigenvalue weighted by Crippen LogP contribution is 2.48. The molecule has 1 saturated heterocycles. The second-order valence-corrected chi connectivity index (χ2v) is 6.03. The van der Waals surface area contributed by atoms with E-state index in [1.165, 1.54) is 0 Å². The number of nitrogens with zero attached hydrogens (tertiary/aromatic N) is 1. The fraction of sp³-hybridized carbons (Fsp3) is 0.917. The SMILES string of the molecule is CC(C)(O)CN1C[C@@H]2CCC[C@@]2(C(=O)O)C1.Cl. The van der Waals surface area contributed by atoms with Gasteiger partial charge in [-0.3, -0.25) is 9.69 Å². The topological polar surface area (TPSA) is 60.8 Å². The monoisotopic (exact) mass is 263 g/mol. The first kappa shape index (κ1) is 14.7. The molecule has 2 fully saturated rings. The van der Waals surface area contributed by atoms with Gasteiger partial charge in [0, 0.05) is 19.6 Å². The van der Waals surface area contributed by atoms with Gasteiger partial charge in [0.1, 0.15) is 0 Å². The number of rotatable bonds is 3. The van der Waals surface area contributed by atoms with Crippen molar-refractivity contribution in [3.63, 3.8) is 0 Å². The van der Waals surface area contributed by atoms with Crippen molar-refractivity contribution in [2.24, 2.45) is 11.3 Å². The Bertz CT molecular complexity index is 303. The summed E-state index contributed by atoms with van der Waals surface area (Å²) in [7, 11) is 0. The van der Waals surface area contributed by atoms with Gasteiger partial charge in [-0.25, -0.2) is 0 Å². The molecular weight excluding hydrogens is 242 g/mol. The van der Waals surface area contributed by atoms with Crippen molar-refractivity contribution in [3.05, 3.63) is 0 Å². The van der Waals surface area contributed by atoms with Crippen LogP contribution in [0, 0.1) is 11.3 Å². The Labute approximate surface area is 108 Å². The number of aliphatic hydroxyl groups is 1. The molecule has 1 heterocycles. The fourth-order valence-electron chi connectivity index (χ4n) is 3.41. The predicted octanol–water partition coefficient (Wildman–Crippen LogP) is 1.37. The Morgan fingerprint density at radius 1 is 1.53 bits per heavy atom. The van der Waals surface area contributed by atoms with Crippen molar-refractivity contribution in [1.29, 1.82) is 0 Å². The molecule has 0 amide bonds. The molecular formula is C12H22ClNO3. The molecule has 0 spiro atoms. The maximum atomic E-state index is 11.4. The van der Waals surface area contributed by atoms with Crippen LogP contribution in [0.3, 0.4) is 0 Å². The second-order valence-electron chi connectivity index (χ2n) is 6.03. The first-order chi connectivity index (χ1) is 7.33. The largest absolute Gasteiger partial charge is 0.481 e. The summed E-state index contributed by atoms with van der Waals surface area (Å²) in [5.41, 5.74) is -1.26. The number of hydrogen-bond acceptors (Lipinski definition) is 3. The summed E-state index contributed by atoms with van der Waals surface area (Å²) in [6, 6.07) is 0. The number of aliphatic carboxylic acids is 1. The Hall–Kier alpha value is -0.320. The van der Waals surface area contributed by atoms with E-state index in [0.29, 0.717) is 13.1 Å². The highest BCUT2D eigenvalue weighted by molar-refractivity contribution is 5.85. The predicted molar refractivity (Wildman–Crippen MR) is 67.4 cm³/mol. The molecule has 100 valence electrons. The number of carboxylic acids is 1. The summed E-state index contributed by atoms with van der Waals surface area (Å²) in [5, 5.41) is 19.2. The molecule has 17 heavy (non-hydrogen) atoms. The molecule has 5 heteroatoms. The van der Waals surface area contributed by atoms with Crippen molar-refractivity contribution in [3.8, 4) is 0 Å². The van der Waals surface area contributed by atoms with Crippen molar-refractivity contribution in [2.75, 3.05) is 19.6 Å². The van der Waals surface area contributed by atoms with Crippen molar-refractivity contribution >= 4 is 18.4 Å². The normalized spacial score (nSPS) is 33.2. The standard InChI is InChI=1S/C12H21NO3.ClH/c1-11(2,16)7-13-6-9-4-3-5-12(9,8-13)10(14)15;/h9,16H,3-8H2,1-2H3,(H,14,15);1H/t9-,12+;/m0./s1. The van der Waals surface area contributed by atoms with E-state index in [1.807, 2.05) is 0 Å². The van der Waals surface area contributed by atoms with Crippen LogP contribution in [-0.4, -0.2) is 46.3 Å². The molecule has 0 unspecified atom stereocenters. The van der Waals surface area contributed by atoms with Crippen LogP contribution in [0.1, 0.15) is 33.1 Å². The highest BCUT2D eigenvalue weighted by Gasteiger charge is 2.54. The van der Waals surface area contributed by atoms with E-state index in [9.17, 15) is 15.0 Å². The van der Waals surface area contributed by atoms with Crippen molar-refractivity contribution < 1.29 is 15.0 Å². The van der Waals surface area contributed by atoms with Gasteiger partial charge in [-0.15, -0.1) is 12.4 Å². The third-order valence-electron chi connectivity index (χ3n) is 3.98. The number of likely N-dealkylation sites (tertiary alicyclic amines) is 1. The zero-order chi connectivity index (χ0) is 12.0. The zero-order valence-corrected chi connectivity index (χ0v) is 11.3. The lowest BCUT2D eigenvalue weighted by atomic mass is 9.81. The molecule has 0 aromatic carbocycles. The van der Waals surface area contributed by atoms with Gasteiger partial charge in [-0.05, 0) is 32.6 Å². The van der Waals surface area contributed by atoms with Gasteiger partial charge >= 0.3 is 5.97 Å². The fourth-order valence-corrected chi connectivity index (χ4v) is 3.41. The van der Waals surface area contributed by atoms with Crippen LogP contribution in [0.25, 0.3) is 0 Å². The van der Waals surface area contributed by atoms with Gasteiger partial charge in [-0.2, -0.15) is 0 Å². The maximum absolute atomic E-state index is 11.4. The lowest BCUT2D eigenvalue weighted by molar-refractivity contribution is -0.149. The Morgan fingerprint density at radius 3 is 2.65 bits per heavy atom. The molecule has 1 aliphatic heterocycles. The van der Waals surface area contributed by atoms with Crippen molar-refractivity contribution in [1.82, 2.24) is 4.90 Å². The Balaban J connectivity index is 0.00000144. The molecule has 0 radical (unpaired) electrons. The smallest absolute Gasteiger partial charge is 0.311 e. The van der Waals surface area contributed by atoms with E-state index in [1.54, 1.807) is 13.8 Å². The second kappa shape index (κ2) is 4.75. The molecule has 4 nitrogen and oxygen atoms in total. The summed E-state index contributed by atoms with van der Waals surface area (Å²) in [4.78, 5) is 13.5. The lowest BCUT2D eigenvalue weighted by Gasteiger charge is -2.27. The summed E-state index contributed by atoms with van der Waals surface area (Å²) in [5.74, 6) is -0.361. The zero-order valence-electron chi connectivity index (χ0n) is 10.5. The van der Waals surface area contributed by atoms with Gasteiger partial charge < -0.3 is 10.2 Å². The number of fused-ring (bicyclic) bond motifs is 1. The van der Waals surface area contributed by atoms with Crippen LogP contribution >= 0.6 is 12.4 Å². The average molecular weight is 264 g/mol. The highest BCUT2D eigenvalue weighted by atomic mass is 35.5. The minimum atomic E-state index is -0.738. The third-order valence-corrected chi connectivity index (χ3v) is 3.98. The molecule has 1 aliphatic carbocycles. The van der Waals surface area contributed by atoms with Crippen LogP contribution in [0.5, 0.6) is 0 Å². The number of carbonyl (C=O) groups is 1. The molecule has 2 N–H and O–H groups in total. The van der Waals surface area contributed by atoms with Crippen LogP contribution in [0.15, 0.2) is 0 Å². The summed E-state index contributed by atoms with van der Waals surface area (Å²) in [6.07, 6.45) is 2.86. The number of hydrogen-bond donors (Lipinski definition) is 2. The van der Waals surface area contributed by atoms with E-state index in [4.69, 9.17) is 0 Å². The van der Waals surface area contributed by atoms with E-state index >= 15 is 0 Å². The first-order valence-electron chi connectivity index (χ1n) is 6.02. The molecule has 0 bridgehead atoms. The van der Waals surface area contributed by atoms with E-state index in [0.717, 1.165) is 25.8 Å². The maximum Gasteiger partial charge on any atom is 0.311 e. The van der Waals surface area contributed by atoms with Gasteiger partial charge in [0.15, 0.2) is 0 Å². The van der Waals surface area contributed by atoms with Gasteiger partial charge in [-0.1, -0.05) is 6.42 Å². The van der Waals surface area contributed by atoms with Crippen LogP contribution < -0.4 is 0 Å². The average Bonchev–Trinajstić information content (AvgIpc) is 2.56. The Kier molecular flexibility index (Phi) is 4.12. The van der Waals surface area contributed by atoms with E-state index in [-0.39, 0.29) is 18.3 Å². The van der Waals surface area contributed by atoms with Gasteiger partial charge in [0.25, 0.3) is 0 Å². The number of halogens is 1. The lowest BCUT2D eigenvalue weighted by Crippen LogP contribution is -2.40. The van der Waals surface area contributed by atoms with Crippen LogP contribution in [0.2, 0.25) is 0 Å². The molecule has 2 rings (SSSR count). The minimum Gasteiger partial charge on any atom is -0.481 e. The number of β-amino-alcohol motifs (C(OH)–C–C–N with tert-alkyl or cyclic N) is 1.